The Morgan fingerprint density at radius 3 is 2.58 bits per heavy atom. The van der Waals surface area contributed by atoms with Crippen LogP contribution in [0, 0.1) is 31.0 Å². The number of hydrogen-bond donors (Lipinski definition) is 1. The van der Waals surface area contributed by atoms with Crippen LogP contribution in [0.2, 0.25) is 0 Å². The first-order valence-corrected chi connectivity index (χ1v) is 9.65. The smallest absolute Gasteiger partial charge is 0.266 e. The number of nitrogens with one attached hydrogen (secondary N) is 1. The number of ether oxygens (including phenoxy) is 1. The van der Waals surface area contributed by atoms with Gasteiger partial charge in [0, 0.05) is 17.1 Å². The summed E-state index contributed by atoms with van der Waals surface area (Å²) in [6.45, 7) is 7.92. The van der Waals surface area contributed by atoms with Gasteiger partial charge in [0.15, 0.2) is 0 Å². The highest BCUT2D eigenvalue weighted by Gasteiger charge is 2.15. The van der Waals surface area contributed by atoms with E-state index in [1.54, 1.807) is 12.1 Å². The van der Waals surface area contributed by atoms with Crippen molar-refractivity contribution < 1.29 is 13.9 Å². The average molecular weight is 415 g/mol. The second-order valence-corrected chi connectivity index (χ2v) is 6.86. The van der Waals surface area contributed by atoms with Crippen LogP contribution in [0.3, 0.4) is 0 Å². The predicted octanol–water partition coefficient (Wildman–Crippen LogP) is 5.34. The van der Waals surface area contributed by atoms with E-state index in [9.17, 15) is 14.4 Å². The summed E-state index contributed by atoms with van der Waals surface area (Å²) in [4.78, 5) is 12.5. The van der Waals surface area contributed by atoms with Crippen molar-refractivity contribution in [1.82, 2.24) is 4.57 Å². The van der Waals surface area contributed by atoms with Crippen LogP contribution >= 0.6 is 0 Å². The Morgan fingerprint density at radius 2 is 1.94 bits per heavy atom. The van der Waals surface area contributed by atoms with Gasteiger partial charge in [0.2, 0.25) is 0 Å². The molecule has 6 heteroatoms. The first kappa shape index (κ1) is 21.6. The lowest BCUT2D eigenvalue weighted by molar-refractivity contribution is -0.112. The second-order valence-electron chi connectivity index (χ2n) is 6.86. The van der Waals surface area contributed by atoms with Gasteiger partial charge in [-0.05, 0) is 68.0 Å². The zero-order valence-corrected chi connectivity index (χ0v) is 17.4. The van der Waals surface area contributed by atoms with E-state index in [0.29, 0.717) is 6.61 Å². The number of amides is 1. The van der Waals surface area contributed by atoms with E-state index < -0.39 is 11.7 Å². The molecular weight excluding hydrogens is 393 g/mol. The molecule has 0 saturated heterocycles. The Morgan fingerprint density at radius 1 is 1.23 bits per heavy atom. The lowest BCUT2D eigenvalue weighted by Crippen LogP contribution is -2.14. The molecule has 2 aromatic carbocycles. The fourth-order valence-corrected chi connectivity index (χ4v) is 3.23. The van der Waals surface area contributed by atoms with Gasteiger partial charge in [0.25, 0.3) is 5.91 Å². The van der Waals surface area contributed by atoms with Crippen LogP contribution in [-0.4, -0.2) is 17.1 Å². The third-order valence-corrected chi connectivity index (χ3v) is 4.72. The van der Waals surface area contributed by atoms with E-state index in [4.69, 9.17) is 4.74 Å². The molecule has 3 aromatic rings. The Kier molecular flexibility index (Phi) is 6.68. The topological polar surface area (TPSA) is 67.0 Å². The largest absolute Gasteiger partial charge is 0.490 e. The summed E-state index contributed by atoms with van der Waals surface area (Å²) in [5, 5.41) is 11.9. The molecule has 1 amide bonds. The molecule has 0 atom stereocenters. The fourth-order valence-electron chi connectivity index (χ4n) is 3.23. The molecule has 0 fully saturated rings. The molecule has 0 unspecified atom stereocenters. The zero-order chi connectivity index (χ0) is 22.4. The third kappa shape index (κ3) is 4.90. The van der Waals surface area contributed by atoms with Gasteiger partial charge < -0.3 is 14.6 Å². The van der Waals surface area contributed by atoms with Crippen molar-refractivity contribution in [2.75, 3.05) is 11.9 Å². The minimum Gasteiger partial charge on any atom is -0.490 e. The summed E-state index contributed by atoms with van der Waals surface area (Å²) < 4.78 is 21.4. The van der Waals surface area contributed by atoms with E-state index in [0.717, 1.165) is 28.4 Å². The molecule has 0 bridgehead atoms. The summed E-state index contributed by atoms with van der Waals surface area (Å²) >= 11 is 0. The van der Waals surface area contributed by atoms with Crippen LogP contribution in [0.4, 0.5) is 10.1 Å². The SMILES string of the molecule is C=CCOc1ccc(-n2c(C)cc(/C=C(/C#N)C(=O)Nc3ccccc3F)c2C)cc1. The maximum absolute atomic E-state index is 13.8. The van der Waals surface area contributed by atoms with Gasteiger partial charge in [0.1, 0.15) is 29.8 Å². The van der Waals surface area contributed by atoms with E-state index in [1.165, 1.54) is 24.3 Å². The maximum Gasteiger partial charge on any atom is 0.266 e. The number of para-hydroxylation sites is 1. The monoisotopic (exact) mass is 415 g/mol. The predicted molar refractivity (Wildman–Crippen MR) is 120 cm³/mol. The Hall–Kier alpha value is -4.11. The molecule has 1 heterocycles. The molecule has 1 N–H and O–H groups in total. The summed E-state index contributed by atoms with van der Waals surface area (Å²) in [5.41, 5.74) is 3.37. The van der Waals surface area contributed by atoms with Crippen molar-refractivity contribution in [1.29, 1.82) is 5.26 Å². The number of aromatic nitrogens is 1. The van der Waals surface area contributed by atoms with Gasteiger partial charge in [-0.25, -0.2) is 4.39 Å². The van der Waals surface area contributed by atoms with E-state index in [2.05, 4.69) is 11.9 Å². The highest BCUT2D eigenvalue weighted by molar-refractivity contribution is 6.09. The number of rotatable bonds is 7. The number of hydrogen-bond acceptors (Lipinski definition) is 3. The average Bonchev–Trinajstić information content (AvgIpc) is 3.05. The van der Waals surface area contributed by atoms with E-state index in [1.807, 2.05) is 54.8 Å². The van der Waals surface area contributed by atoms with Gasteiger partial charge in [-0.2, -0.15) is 5.26 Å². The molecule has 0 saturated carbocycles. The summed E-state index contributed by atoms with van der Waals surface area (Å²) in [5.74, 6) is -0.490. The van der Waals surface area contributed by atoms with Gasteiger partial charge in [0.05, 0.1) is 5.69 Å². The normalized spacial score (nSPS) is 11.0. The summed E-state index contributed by atoms with van der Waals surface area (Å²) in [7, 11) is 0. The molecule has 5 nitrogen and oxygen atoms in total. The summed E-state index contributed by atoms with van der Waals surface area (Å²) in [6.07, 6.45) is 3.19. The van der Waals surface area contributed by atoms with Crippen molar-refractivity contribution >= 4 is 17.7 Å². The Balaban J connectivity index is 1.88. The van der Waals surface area contributed by atoms with Crippen LogP contribution in [0.5, 0.6) is 5.75 Å². The molecule has 0 aliphatic carbocycles. The van der Waals surface area contributed by atoms with E-state index in [-0.39, 0.29) is 11.3 Å². The zero-order valence-electron chi connectivity index (χ0n) is 17.4. The van der Waals surface area contributed by atoms with Crippen LogP contribution in [0.15, 0.2) is 72.8 Å². The number of aryl methyl sites for hydroxylation is 1. The molecule has 0 spiro atoms. The van der Waals surface area contributed by atoms with Gasteiger partial charge in [-0.15, -0.1) is 0 Å². The molecular formula is C25H22FN3O2. The van der Waals surface area contributed by atoms with Crippen molar-refractivity contribution in [3.63, 3.8) is 0 Å². The lowest BCUT2D eigenvalue weighted by Gasteiger charge is -2.11. The Bertz CT molecular complexity index is 1180. The quantitative estimate of drug-likeness (QED) is 0.322. The lowest BCUT2D eigenvalue weighted by atomic mass is 10.1. The fraction of sp³-hybridized carbons (Fsp3) is 0.120. The molecule has 0 aliphatic rings. The van der Waals surface area contributed by atoms with Crippen LogP contribution < -0.4 is 10.1 Å². The summed E-state index contributed by atoms with van der Waals surface area (Å²) in [6, 6.07) is 17.2. The molecule has 0 radical (unpaired) electrons. The minimum absolute atomic E-state index is 0.0258. The number of carbonyl (C=O) groups excluding carboxylic acids is 1. The van der Waals surface area contributed by atoms with E-state index >= 15 is 0 Å². The molecule has 156 valence electrons. The van der Waals surface area contributed by atoms with Crippen molar-refractivity contribution in [2.45, 2.75) is 13.8 Å². The first-order valence-electron chi connectivity index (χ1n) is 9.65. The number of carbonyl (C=O) groups is 1. The standard InChI is InChI=1S/C25H22FN3O2/c1-4-13-31-22-11-9-21(10-12-22)29-17(2)14-19(18(29)3)15-20(16-27)25(30)28-24-8-6-5-7-23(24)26/h4-12,14-15H,1,13H2,2-3H3,(H,28,30)/b20-15-. The van der Waals surface area contributed by atoms with Crippen LogP contribution in [0.1, 0.15) is 17.0 Å². The van der Waals surface area contributed by atoms with Gasteiger partial charge in [-0.1, -0.05) is 24.8 Å². The molecule has 3 rings (SSSR count). The third-order valence-electron chi connectivity index (χ3n) is 4.72. The Labute approximate surface area is 180 Å². The first-order chi connectivity index (χ1) is 14.9. The highest BCUT2D eigenvalue weighted by atomic mass is 19.1. The molecule has 0 aliphatic heterocycles. The number of benzene rings is 2. The number of halogens is 1. The van der Waals surface area contributed by atoms with Crippen LogP contribution in [0.25, 0.3) is 11.8 Å². The van der Waals surface area contributed by atoms with Crippen LogP contribution in [-0.2, 0) is 4.79 Å². The van der Waals surface area contributed by atoms with Crippen molar-refractivity contribution in [3.05, 3.63) is 95.6 Å². The second kappa shape index (κ2) is 9.59. The number of nitriles is 1. The van der Waals surface area contributed by atoms with Crippen molar-refractivity contribution in [2.24, 2.45) is 0 Å². The number of anilines is 1. The maximum atomic E-state index is 13.8. The molecule has 1 aromatic heterocycles. The van der Waals surface area contributed by atoms with Gasteiger partial charge >= 0.3 is 0 Å². The molecule has 31 heavy (non-hydrogen) atoms. The minimum atomic E-state index is -0.666. The number of nitrogens with zero attached hydrogens (tertiary/aromatic N) is 2. The van der Waals surface area contributed by atoms with Crippen molar-refractivity contribution in [3.8, 4) is 17.5 Å². The van der Waals surface area contributed by atoms with Gasteiger partial charge in [-0.3, -0.25) is 4.79 Å². The highest BCUT2D eigenvalue weighted by Crippen LogP contribution is 2.25.